The van der Waals surface area contributed by atoms with Crippen LogP contribution in [0.15, 0.2) is 17.0 Å². The van der Waals surface area contributed by atoms with Gasteiger partial charge in [0, 0.05) is 5.69 Å². The van der Waals surface area contributed by atoms with Gasteiger partial charge in [-0.05, 0) is 75.4 Å². The van der Waals surface area contributed by atoms with Crippen LogP contribution in [0, 0.1) is 19.8 Å². The van der Waals surface area contributed by atoms with E-state index >= 15 is 0 Å². The summed E-state index contributed by atoms with van der Waals surface area (Å²) in [6, 6.07) is 2.97. The second-order valence-electron chi connectivity index (χ2n) is 7.37. The van der Waals surface area contributed by atoms with Crippen molar-refractivity contribution in [2.45, 2.75) is 57.8 Å². The molecule has 26 heavy (non-hydrogen) atoms. The number of likely N-dealkylation sites (tertiary alicyclic amines) is 1. The third kappa shape index (κ3) is 5.79. The fourth-order valence-corrected chi connectivity index (χ4v) is 4.22. The Morgan fingerprint density at radius 3 is 2.65 bits per heavy atom. The van der Waals surface area contributed by atoms with Crippen LogP contribution in [0.3, 0.4) is 0 Å². The van der Waals surface area contributed by atoms with Crippen LogP contribution in [0.2, 0.25) is 0 Å². The van der Waals surface area contributed by atoms with Gasteiger partial charge in [-0.25, -0.2) is 13.6 Å². The minimum absolute atomic E-state index is 0.0214. The lowest BCUT2D eigenvalue weighted by molar-refractivity contribution is -0.117. The molecule has 1 aromatic carbocycles. The zero-order valence-electron chi connectivity index (χ0n) is 16.0. The summed E-state index contributed by atoms with van der Waals surface area (Å²) in [4.78, 5) is 14.7. The summed E-state index contributed by atoms with van der Waals surface area (Å²) in [6.07, 6.45) is 5.97. The summed E-state index contributed by atoms with van der Waals surface area (Å²) >= 11 is 0. The fourth-order valence-electron chi connectivity index (χ4n) is 3.59. The lowest BCUT2D eigenvalue weighted by Crippen LogP contribution is -2.34. The lowest BCUT2D eigenvalue weighted by atomic mass is 9.96. The third-order valence-corrected chi connectivity index (χ3v) is 6.14. The Kier molecular flexibility index (Phi) is 7.20. The predicted molar refractivity (Wildman–Crippen MR) is 105 cm³/mol. The van der Waals surface area contributed by atoms with Crippen LogP contribution in [0.5, 0.6) is 0 Å². The highest BCUT2D eigenvalue weighted by atomic mass is 32.2. The first-order valence-electron chi connectivity index (χ1n) is 9.37. The van der Waals surface area contributed by atoms with E-state index in [0.29, 0.717) is 12.2 Å². The Morgan fingerprint density at radius 2 is 2.00 bits per heavy atom. The van der Waals surface area contributed by atoms with E-state index in [9.17, 15) is 13.2 Å². The van der Waals surface area contributed by atoms with Gasteiger partial charge in [0.1, 0.15) is 0 Å². The molecule has 0 aliphatic carbocycles. The number of sulfonamides is 1. The first-order chi connectivity index (χ1) is 12.2. The van der Waals surface area contributed by atoms with Crippen molar-refractivity contribution in [3.05, 3.63) is 23.3 Å². The van der Waals surface area contributed by atoms with E-state index in [1.807, 2.05) is 13.8 Å². The molecular formula is C19H31N3O3S. The van der Waals surface area contributed by atoms with E-state index in [-0.39, 0.29) is 10.8 Å². The average Bonchev–Trinajstić information content (AvgIpc) is 2.76. The molecule has 7 heteroatoms. The van der Waals surface area contributed by atoms with E-state index in [1.165, 1.54) is 31.4 Å². The standard InChI is InChI=1S/C19H31N3O3S/c1-4-6-16-7-5-9-22(10-8-16)13-19(23)21-18-12-17(26(20,24)25)11-14(2)15(18)3/h11-12,16H,4-10,13H2,1-3H3,(H,21,23)(H2,20,24,25). The lowest BCUT2D eigenvalue weighted by Gasteiger charge is -2.20. The quantitative estimate of drug-likeness (QED) is 0.792. The molecule has 6 nitrogen and oxygen atoms in total. The maximum atomic E-state index is 12.5. The molecule has 0 spiro atoms. The molecule has 3 N–H and O–H groups in total. The summed E-state index contributed by atoms with van der Waals surface area (Å²) in [5, 5.41) is 8.10. The van der Waals surface area contributed by atoms with Crippen molar-refractivity contribution in [2.24, 2.45) is 11.1 Å². The van der Waals surface area contributed by atoms with Crippen LogP contribution in [0.25, 0.3) is 0 Å². The number of rotatable bonds is 6. The van der Waals surface area contributed by atoms with Crippen LogP contribution in [-0.4, -0.2) is 38.9 Å². The molecule has 1 aromatic rings. The Balaban J connectivity index is 2.03. The van der Waals surface area contributed by atoms with E-state index in [4.69, 9.17) is 5.14 Å². The molecule has 1 fully saturated rings. The SMILES string of the molecule is CCCC1CCCN(CC(=O)Nc2cc(S(N)(=O)=O)cc(C)c2C)CC1. The summed E-state index contributed by atoms with van der Waals surface area (Å²) < 4.78 is 23.3. The number of benzene rings is 1. The van der Waals surface area contributed by atoms with Gasteiger partial charge in [0.15, 0.2) is 0 Å². The molecule has 0 aromatic heterocycles. The average molecular weight is 382 g/mol. The molecule has 1 atom stereocenters. The highest BCUT2D eigenvalue weighted by molar-refractivity contribution is 7.89. The van der Waals surface area contributed by atoms with Gasteiger partial charge in [-0.15, -0.1) is 0 Å². The number of anilines is 1. The first-order valence-corrected chi connectivity index (χ1v) is 10.9. The number of hydrogen-bond acceptors (Lipinski definition) is 4. The second-order valence-corrected chi connectivity index (χ2v) is 8.93. The molecule has 1 heterocycles. The number of nitrogens with one attached hydrogen (secondary N) is 1. The number of nitrogens with zero attached hydrogens (tertiary/aromatic N) is 1. The van der Waals surface area contributed by atoms with Crippen molar-refractivity contribution in [3.8, 4) is 0 Å². The zero-order chi connectivity index (χ0) is 19.3. The summed E-state index contributed by atoms with van der Waals surface area (Å²) in [6.45, 7) is 8.09. The van der Waals surface area contributed by atoms with Crippen molar-refractivity contribution in [3.63, 3.8) is 0 Å². The molecule has 1 unspecified atom stereocenters. The van der Waals surface area contributed by atoms with Gasteiger partial charge in [0.2, 0.25) is 15.9 Å². The molecule has 1 aliphatic rings. The Labute approximate surface area is 157 Å². The number of amides is 1. The van der Waals surface area contributed by atoms with Crippen molar-refractivity contribution in [2.75, 3.05) is 25.0 Å². The minimum atomic E-state index is -3.81. The Bertz CT molecular complexity index is 747. The van der Waals surface area contributed by atoms with Crippen LogP contribution in [0.4, 0.5) is 5.69 Å². The largest absolute Gasteiger partial charge is 0.325 e. The normalized spacial score (nSPS) is 19.2. The predicted octanol–water partition coefficient (Wildman–Crippen LogP) is 2.79. The van der Waals surface area contributed by atoms with E-state index in [2.05, 4.69) is 17.1 Å². The van der Waals surface area contributed by atoms with Crippen molar-refractivity contribution < 1.29 is 13.2 Å². The van der Waals surface area contributed by atoms with Gasteiger partial charge in [0.25, 0.3) is 0 Å². The van der Waals surface area contributed by atoms with Gasteiger partial charge < -0.3 is 5.32 Å². The van der Waals surface area contributed by atoms with Crippen molar-refractivity contribution in [1.29, 1.82) is 0 Å². The maximum Gasteiger partial charge on any atom is 0.238 e. The molecule has 0 bridgehead atoms. The summed E-state index contributed by atoms with van der Waals surface area (Å²) in [5.41, 5.74) is 2.14. The first kappa shape index (κ1) is 20.9. The molecule has 1 aliphatic heterocycles. The Hall–Kier alpha value is -1.44. The molecule has 0 saturated carbocycles. The van der Waals surface area contributed by atoms with Gasteiger partial charge in [-0.2, -0.15) is 0 Å². The van der Waals surface area contributed by atoms with Gasteiger partial charge in [-0.1, -0.05) is 19.8 Å². The number of aryl methyl sites for hydroxylation is 1. The van der Waals surface area contributed by atoms with Gasteiger partial charge in [-0.3, -0.25) is 9.69 Å². The Morgan fingerprint density at radius 1 is 1.27 bits per heavy atom. The maximum absolute atomic E-state index is 12.5. The number of carbonyl (C=O) groups is 1. The zero-order valence-corrected chi connectivity index (χ0v) is 16.9. The smallest absolute Gasteiger partial charge is 0.238 e. The molecule has 2 rings (SSSR count). The molecule has 1 amide bonds. The van der Waals surface area contributed by atoms with Gasteiger partial charge >= 0.3 is 0 Å². The molecule has 0 radical (unpaired) electrons. The van der Waals surface area contributed by atoms with Crippen molar-refractivity contribution in [1.82, 2.24) is 4.90 Å². The topological polar surface area (TPSA) is 92.5 Å². The van der Waals surface area contributed by atoms with Crippen LogP contribution >= 0.6 is 0 Å². The second kappa shape index (κ2) is 8.97. The van der Waals surface area contributed by atoms with E-state index in [1.54, 1.807) is 0 Å². The summed E-state index contributed by atoms with van der Waals surface area (Å²) in [5.74, 6) is 0.650. The number of primary sulfonamides is 1. The third-order valence-electron chi connectivity index (χ3n) is 5.25. The molecule has 146 valence electrons. The summed E-state index contributed by atoms with van der Waals surface area (Å²) in [7, 11) is -3.81. The van der Waals surface area contributed by atoms with Gasteiger partial charge in [0.05, 0.1) is 11.4 Å². The van der Waals surface area contributed by atoms with Crippen molar-refractivity contribution >= 4 is 21.6 Å². The van der Waals surface area contributed by atoms with Crippen LogP contribution in [-0.2, 0) is 14.8 Å². The number of hydrogen-bond donors (Lipinski definition) is 2. The molecule has 1 saturated heterocycles. The number of nitrogens with two attached hydrogens (primary N) is 1. The monoisotopic (exact) mass is 381 g/mol. The molecular weight excluding hydrogens is 350 g/mol. The van der Waals surface area contributed by atoms with E-state index < -0.39 is 10.0 Å². The van der Waals surface area contributed by atoms with Crippen LogP contribution in [0.1, 0.15) is 50.2 Å². The highest BCUT2D eigenvalue weighted by Crippen LogP contribution is 2.24. The minimum Gasteiger partial charge on any atom is -0.325 e. The van der Waals surface area contributed by atoms with Crippen LogP contribution < -0.4 is 10.5 Å². The van der Waals surface area contributed by atoms with E-state index in [0.717, 1.165) is 43.0 Å². The fraction of sp³-hybridized carbons (Fsp3) is 0.632. The number of carbonyl (C=O) groups excluding carboxylic acids is 1. The highest BCUT2D eigenvalue weighted by Gasteiger charge is 2.19.